The summed E-state index contributed by atoms with van der Waals surface area (Å²) in [5.41, 5.74) is 0. The second-order valence-electron chi connectivity index (χ2n) is 6.84. The molecular formula is C21H35N3O9. The number of nitrogens with one attached hydrogen (secondary N) is 3. The van der Waals surface area contributed by atoms with E-state index >= 15 is 0 Å². The highest BCUT2D eigenvalue weighted by atomic mass is 16.6. The Kier molecular flexibility index (Phi) is 17.4. The Balaban J connectivity index is 4.49. The van der Waals surface area contributed by atoms with Crippen molar-refractivity contribution < 1.29 is 43.9 Å². The molecule has 0 spiro atoms. The van der Waals surface area contributed by atoms with Gasteiger partial charge in [-0.1, -0.05) is 19.7 Å². The summed E-state index contributed by atoms with van der Waals surface area (Å²) in [6.45, 7) is 9.39. The number of carbonyl (C=O) groups excluding carboxylic acids is 3. The van der Waals surface area contributed by atoms with Gasteiger partial charge in [-0.15, -0.1) is 0 Å². The molecule has 0 aromatic carbocycles. The molecule has 3 unspecified atom stereocenters. The molecule has 0 saturated heterocycles. The van der Waals surface area contributed by atoms with E-state index in [1.165, 1.54) is 0 Å². The van der Waals surface area contributed by atoms with Gasteiger partial charge in [0.25, 0.3) is 0 Å². The Morgan fingerprint density at radius 3 is 1.30 bits per heavy atom. The Labute approximate surface area is 193 Å². The van der Waals surface area contributed by atoms with Gasteiger partial charge in [0.1, 0.15) is 6.10 Å². The summed E-state index contributed by atoms with van der Waals surface area (Å²) in [5, 5.41) is 36.9. The molecule has 0 rings (SSSR count). The van der Waals surface area contributed by atoms with E-state index in [2.05, 4.69) is 35.7 Å². The number of ether oxygens (including phenoxy) is 3. The zero-order valence-electron chi connectivity index (χ0n) is 18.6. The lowest BCUT2D eigenvalue weighted by atomic mass is 10.3. The molecular weight excluding hydrogens is 438 g/mol. The molecule has 3 atom stereocenters. The quantitative estimate of drug-likeness (QED) is 0.104. The molecule has 3 amide bonds. The zero-order chi connectivity index (χ0) is 25.1. The minimum absolute atomic E-state index is 0.0263. The van der Waals surface area contributed by atoms with Crippen molar-refractivity contribution in [1.82, 2.24) is 16.0 Å². The Hall–Kier alpha value is -2.61. The predicted octanol–water partition coefficient (Wildman–Crippen LogP) is -2.61. The number of hydrogen-bond donors (Lipinski definition) is 6. The van der Waals surface area contributed by atoms with Crippen LogP contribution in [0.15, 0.2) is 38.0 Å². The van der Waals surface area contributed by atoms with E-state index in [-0.39, 0.29) is 52.7 Å². The largest absolute Gasteiger partial charge is 0.389 e. The maximum Gasteiger partial charge on any atom is 0.243 e. The monoisotopic (exact) mass is 473 g/mol. The molecule has 0 radical (unpaired) electrons. The highest BCUT2D eigenvalue weighted by molar-refractivity contribution is 5.87. The molecule has 0 aliphatic heterocycles. The van der Waals surface area contributed by atoms with Crippen LogP contribution in [0, 0.1) is 0 Å². The minimum atomic E-state index is -1.00. The lowest BCUT2D eigenvalue weighted by Crippen LogP contribution is -2.38. The average molecular weight is 474 g/mol. The first-order valence-corrected chi connectivity index (χ1v) is 10.2. The molecule has 0 bridgehead atoms. The third kappa shape index (κ3) is 17.6. The number of aliphatic hydroxyl groups excluding tert-OH is 3. The highest BCUT2D eigenvalue weighted by Gasteiger charge is 2.16. The van der Waals surface area contributed by atoms with Crippen molar-refractivity contribution in [2.45, 2.75) is 24.4 Å². The fourth-order valence-corrected chi connectivity index (χ4v) is 2.11. The van der Waals surface area contributed by atoms with Gasteiger partial charge in [-0.05, 0) is 18.2 Å². The molecule has 12 heteroatoms. The maximum absolute atomic E-state index is 11.2. The number of amides is 3. The van der Waals surface area contributed by atoms with Crippen molar-refractivity contribution in [3.05, 3.63) is 38.0 Å². The van der Waals surface area contributed by atoms with Gasteiger partial charge >= 0.3 is 0 Å². The van der Waals surface area contributed by atoms with E-state index in [0.29, 0.717) is 0 Å². The Bertz CT molecular complexity index is 594. The topological polar surface area (TPSA) is 176 Å². The van der Waals surface area contributed by atoms with Gasteiger partial charge < -0.3 is 45.5 Å². The summed E-state index contributed by atoms with van der Waals surface area (Å²) in [4.78, 5) is 33.4. The van der Waals surface area contributed by atoms with Gasteiger partial charge in [-0.25, -0.2) is 0 Å². The first kappa shape index (κ1) is 30.4. The average Bonchev–Trinajstić information content (AvgIpc) is 2.81. The van der Waals surface area contributed by atoms with Crippen LogP contribution in [0.25, 0.3) is 0 Å². The van der Waals surface area contributed by atoms with Crippen LogP contribution in [0.1, 0.15) is 0 Å². The van der Waals surface area contributed by atoms with Crippen molar-refractivity contribution in [3.63, 3.8) is 0 Å². The normalized spacial score (nSPS) is 14.3. The van der Waals surface area contributed by atoms with Gasteiger partial charge in [-0.2, -0.15) is 0 Å². The van der Waals surface area contributed by atoms with E-state index in [4.69, 9.17) is 14.2 Å². The van der Waals surface area contributed by atoms with E-state index in [1.807, 2.05) is 0 Å². The smallest absolute Gasteiger partial charge is 0.243 e. The Morgan fingerprint density at radius 2 is 0.970 bits per heavy atom. The van der Waals surface area contributed by atoms with Crippen LogP contribution in [0.3, 0.4) is 0 Å². The second kappa shape index (κ2) is 18.9. The third-order valence-electron chi connectivity index (χ3n) is 3.84. The first-order valence-electron chi connectivity index (χ1n) is 10.2. The van der Waals surface area contributed by atoms with E-state index in [9.17, 15) is 29.7 Å². The SMILES string of the molecule is C=CC(=O)NCC(O)COCC(COCC(O)CNC(=O)C=C)OCC(O)CNC(=O)C=C. The summed E-state index contributed by atoms with van der Waals surface area (Å²) in [7, 11) is 0. The number of carbonyl (C=O) groups is 3. The van der Waals surface area contributed by atoms with Crippen molar-refractivity contribution >= 4 is 17.7 Å². The van der Waals surface area contributed by atoms with Gasteiger partial charge in [0.2, 0.25) is 17.7 Å². The van der Waals surface area contributed by atoms with Gasteiger partial charge in [-0.3, -0.25) is 14.4 Å². The molecule has 0 aromatic heterocycles. The summed E-state index contributed by atoms with van der Waals surface area (Å²) in [6, 6.07) is 0. The van der Waals surface area contributed by atoms with Crippen LogP contribution in [0.5, 0.6) is 0 Å². The van der Waals surface area contributed by atoms with E-state index in [0.717, 1.165) is 18.2 Å². The van der Waals surface area contributed by atoms with Crippen molar-refractivity contribution in [3.8, 4) is 0 Å². The Morgan fingerprint density at radius 1 is 0.636 bits per heavy atom. The number of aliphatic hydroxyl groups is 3. The molecule has 188 valence electrons. The fraction of sp³-hybridized carbons (Fsp3) is 0.571. The minimum Gasteiger partial charge on any atom is -0.389 e. The third-order valence-corrected chi connectivity index (χ3v) is 3.84. The van der Waals surface area contributed by atoms with Gasteiger partial charge in [0.15, 0.2) is 0 Å². The molecule has 33 heavy (non-hydrogen) atoms. The molecule has 0 heterocycles. The molecule has 0 saturated carbocycles. The molecule has 0 aromatic rings. The molecule has 0 aliphatic carbocycles. The van der Waals surface area contributed by atoms with E-state index < -0.39 is 42.1 Å². The highest BCUT2D eigenvalue weighted by Crippen LogP contribution is 2.00. The molecule has 12 nitrogen and oxygen atoms in total. The van der Waals surface area contributed by atoms with Crippen LogP contribution in [-0.2, 0) is 28.6 Å². The van der Waals surface area contributed by atoms with Crippen LogP contribution < -0.4 is 16.0 Å². The van der Waals surface area contributed by atoms with Crippen LogP contribution in [-0.4, -0.2) is 110 Å². The summed E-state index contributed by atoms with van der Waals surface area (Å²) >= 11 is 0. The number of hydrogen-bond acceptors (Lipinski definition) is 9. The van der Waals surface area contributed by atoms with Crippen LogP contribution in [0.4, 0.5) is 0 Å². The molecule has 0 fully saturated rings. The van der Waals surface area contributed by atoms with Gasteiger partial charge in [0.05, 0.1) is 51.3 Å². The zero-order valence-corrected chi connectivity index (χ0v) is 18.6. The van der Waals surface area contributed by atoms with Gasteiger partial charge in [0, 0.05) is 19.6 Å². The lowest BCUT2D eigenvalue weighted by Gasteiger charge is -2.22. The molecule has 6 N–H and O–H groups in total. The van der Waals surface area contributed by atoms with Crippen LogP contribution >= 0.6 is 0 Å². The van der Waals surface area contributed by atoms with Crippen LogP contribution in [0.2, 0.25) is 0 Å². The first-order chi connectivity index (χ1) is 15.7. The van der Waals surface area contributed by atoms with E-state index in [1.54, 1.807) is 0 Å². The van der Waals surface area contributed by atoms with Crippen molar-refractivity contribution in [2.24, 2.45) is 0 Å². The number of rotatable bonds is 20. The summed E-state index contributed by atoms with van der Waals surface area (Å²) in [6.07, 6.45) is -0.390. The van der Waals surface area contributed by atoms with Crippen molar-refractivity contribution in [2.75, 3.05) is 52.7 Å². The maximum atomic E-state index is 11.2. The van der Waals surface area contributed by atoms with Crippen molar-refractivity contribution in [1.29, 1.82) is 0 Å². The second-order valence-corrected chi connectivity index (χ2v) is 6.84. The predicted molar refractivity (Wildman–Crippen MR) is 119 cm³/mol. The summed E-state index contributed by atoms with van der Waals surface area (Å²) < 4.78 is 16.3. The fourth-order valence-electron chi connectivity index (χ4n) is 2.11. The lowest BCUT2D eigenvalue weighted by molar-refractivity contribution is -0.119. The molecule has 0 aliphatic rings. The summed E-state index contributed by atoms with van der Waals surface area (Å²) in [5.74, 6) is -1.29. The standard InChI is InChI=1S/C21H35N3O9/c1-4-19(28)22-7-15(25)10-31-13-18(33-12-17(27)9-24-21(30)6-3)14-32-11-16(26)8-23-20(29)5-2/h4-6,15-18,25-27H,1-3,7-14H2,(H,22,28)(H,23,29)(H,24,30).